The van der Waals surface area contributed by atoms with Crippen molar-refractivity contribution in [3.63, 3.8) is 0 Å². The molecule has 1 heteroatoms. The second-order valence-electron chi connectivity index (χ2n) is 13.5. The van der Waals surface area contributed by atoms with Crippen molar-refractivity contribution in [1.29, 1.82) is 0 Å². The topological polar surface area (TPSA) is 0 Å². The minimum Gasteiger partial charge on any atom is -0.0654 e. The van der Waals surface area contributed by atoms with Crippen LogP contribution in [0.4, 0.5) is 0 Å². The summed E-state index contributed by atoms with van der Waals surface area (Å²) in [7, 11) is -0.592. The lowest BCUT2D eigenvalue weighted by molar-refractivity contribution is 0.512. The van der Waals surface area contributed by atoms with Gasteiger partial charge >= 0.3 is 0 Å². The zero-order chi connectivity index (χ0) is 28.5. The van der Waals surface area contributed by atoms with Gasteiger partial charge in [0.1, 0.15) is 0 Å². The first-order chi connectivity index (χ1) is 19.3. The first-order valence-corrected chi connectivity index (χ1v) is 21.6. The predicted octanol–water partition coefficient (Wildman–Crippen LogP) is 14.8. The van der Waals surface area contributed by atoms with E-state index in [-0.39, 0.29) is 0 Å². The van der Waals surface area contributed by atoms with E-state index in [0.717, 1.165) is 0 Å². The predicted molar refractivity (Wildman–Crippen MR) is 186 cm³/mol. The van der Waals surface area contributed by atoms with E-state index in [0.29, 0.717) is 0 Å². The third kappa shape index (κ3) is 29.5. The molecule has 0 bridgehead atoms. The summed E-state index contributed by atoms with van der Waals surface area (Å²) in [5, 5.41) is 0. The lowest BCUT2D eigenvalue weighted by Gasteiger charge is -2.27. The molecule has 0 aliphatic carbocycles. The van der Waals surface area contributed by atoms with Gasteiger partial charge in [0.2, 0.25) is 0 Å². The van der Waals surface area contributed by atoms with Crippen molar-refractivity contribution in [2.75, 3.05) is 0 Å². The molecule has 0 nitrogen and oxygen atoms in total. The third-order valence-electron chi connectivity index (χ3n) is 9.63. The third-order valence-corrected chi connectivity index (χ3v) is 13.9. The molecule has 0 N–H and O–H groups in total. The summed E-state index contributed by atoms with van der Waals surface area (Å²) in [6.07, 6.45) is 46.3. The highest BCUT2D eigenvalue weighted by molar-refractivity contribution is 6.60. The molecule has 0 aliphatic rings. The molecule has 0 aromatic heterocycles. The Morgan fingerprint density at radius 1 is 0.282 bits per heavy atom. The van der Waals surface area contributed by atoms with Crippen molar-refractivity contribution in [1.82, 2.24) is 0 Å². The number of hydrogen-bond acceptors (Lipinski definition) is 0. The van der Waals surface area contributed by atoms with Crippen LogP contribution in [0.15, 0.2) is 0 Å². The van der Waals surface area contributed by atoms with Crippen molar-refractivity contribution in [3.05, 3.63) is 0 Å². The molecule has 0 aromatic rings. The van der Waals surface area contributed by atoms with E-state index in [4.69, 9.17) is 0 Å². The Morgan fingerprint density at radius 2 is 0.513 bits per heavy atom. The zero-order valence-corrected chi connectivity index (χ0v) is 29.6. The number of hydrogen-bond donors (Lipinski definition) is 0. The summed E-state index contributed by atoms with van der Waals surface area (Å²) in [4.78, 5) is 0. The van der Waals surface area contributed by atoms with E-state index in [9.17, 15) is 0 Å². The van der Waals surface area contributed by atoms with Crippen molar-refractivity contribution in [3.8, 4) is 0 Å². The van der Waals surface area contributed by atoms with E-state index in [1.165, 1.54) is 166 Å². The van der Waals surface area contributed by atoms with Crippen LogP contribution < -0.4 is 0 Å². The van der Waals surface area contributed by atoms with Crippen molar-refractivity contribution in [2.45, 2.75) is 244 Å². The molecule has 0 aromatic carbocycles. The van der Waals surface area contributed by atoms with Gasteiger partial charge in [-0.3, -0.25) is 0 Å². The maximum absolute atomic E-state index is 2.37. The maximum Gasteiger partial charge on any atom is 0.0399 e. The molecule has 1 unspecified atom stereocenters. The van der Waals surface area contributed by atoms with E-state index < -0.39 is 8.80 Å². The van der Waals surface area contributed by atoms with Crippen molar-refractivity contribution in [2.24, 2.45) is 0 Å². The van der Waals surface area contributed by atoms with Gasteiger partial charge < -0.3 is 0 Å². The Morgan fingerprint density at radius 3 is 0.795 bits per heavy atom. The molecule has 0 heterocycles. The van der Waals surface area contributed by atoms with Gasteiger partial charge in [-0.1, -0.05) is 239 Å². The highest BCUT2D eigenvalue weighted by atomic mass is 28.3. The molecule has 0 spiro atoms. The van der Waals surface area contributed by atoms with E-state index in [1.54, 1.807) is 50.6 Å². The van der Waals surface area contributed by atoms with E-state index in [2.05, 4.69) is 27.7 Å². The monoisotopic (exact) mass is 565 g/mol. The molecule has 39 heavy (non-hydrogen) atoms. The highest BCUT2D eigenvalue weighted by Gasteiger charge is 2.22. The molecule has 0 saturated carbocycles. The standard InChI is InChI=1S/C38H80Si/c1-5-9-13-17-19-20-21-22-23-24-25-26-27-29-31-35-38(34-30-28-18-14-10-6-2)39(36-32-15-11-7-3)37-33-16-12-8-4/h38-39H,5-37H2,1-4H3. The first-order valence-electron chi connectivity index (χ1n) is 19.3. The van der Waals surface area contributed by atoms with E-state index >= 15 is 0 Å². The summed E-state index contributed by atoms with van der Waals surface area (Å²) in [6, 6.07) is 3.34. The molecular weight excluding hydrogens is 485 g/mol. The van der Waals surface area contributed by atoms with Gasteiger partial charge in [-0.2, -0.15) is 0 Å². The fourth-order valence-electron chi connectivity index (χ4n) is 6.86. The van der Waals surface area contributed by atoms with Crippen LogP contribution in [0.25, 0.3) is 0 Å². The second kappa shape index (κ2) is 34.4. The largest absolute Gasteiger partial charge is 0.0654 e. The van der Waals surface area contributed by atoms with Crippen LogP contribution >= 0.6 is 0 Å². The van der Waals surface area contributed by atoms with Crippen molar-refractivity contribution < 1.29 is 0 Å². The van der Waals surface area contributed by atoms with Gasteiger partial charge in [0.15, 0.2) is 0 Å². The van der Waals surface area contributed by atoms with Gasteiger partial charge in [0.25, 0.3) is 0 Å². The lowest BCUT2D eigenvalue weighted by atomic mass is 10.0. The van der Waals surface area contributed by atoms with Crippen LogP contribution in [0.2, 0.25) is 17.6 Å². The number of unbranched alkanes of at least 4 members (excludes halogenated alkanes) is 25. The van der Waals surface area contributed by atoms with Gasteiger partial charge in [-0.05, 0) is 5.54 Å². The minimum atomic E-state index is -0.592. The summed E-state index contributed by atoms with van der Waals surface area (Å²) < 4.78 is 0. The maximum atomic E-state index is 2.37. The van der Waals surface area contributed by atoms with Crippen LogP contribution in [-0.4, -0.2) is 8.80 Å². The summed E-state index contributed by atoms with van der Waals surface area (Å²) in [5.41, 5.74) is 1.17. The minimum absolute atomic E-state index is 0.592. The SMILES string of the molecule is CCCCCCCCCCCCCCCCCC(CCCCCCCC)[SiH](CCCCCC)CCCCCC. The zero-order valence-electron chi connectivity index (χ0n) is 28.5. The van der Waals surface area contributed by atoms with Crippen LogP contribution in [0.1, 0.15) is 227 Å². The number of rotatable bonds is 34. The average molecular weight is 565 g/mol. The molecule has 0 rings (SSSR count). The normalized spacial score (nSPS) is 12.5. The van der Waals surface area contributed by atoms with Gasteiger partial charge in [0, 0.05) is 8.80 Å². The Kier molecular flexibility index (Phi) is 34.6. The first kappa shape index (κ1) is 39.2. The summed E-state index contributed by atoms with van der Waals surface area (Å²) in [6.45, 7) is 9.41. The second-order valence-corrected chi connectivity index (χ2v) is 17.1. The summed E-state index contributed by atoms with van der Waals surface area (Å²) in [5.74, 6) is 0. The highest BCUT2D eigenvalue weighted by Crippen LogP contribution is 2.33. The van der Waals surface area contributed by atoms with Gasteiger partial charge in [-0.25, -0.2) is 0 Å². The van der Waals surface area contributed by atoms with Gasteiger partial charge in [-0.15, -0.1) is 0 Å². The average Bonchev–Trinajstić information content (AvgIpc) is 2.95. The Labute approximate surface area is 252 Å². The van der Waals surface area contributed by atoms with Crippen molar-refractivity contribution >= 4 is 8.80 Å². The molecule has 0 radical (unpaired) electrons. The fourth-order valence-corrected chi connectivity index (χ4v) is 11.1. The molecule has 236 valence electrons. The Bertz CT molecular complexity index is 407. The molecule has 1 atom stereocenters. The molecule has 0 fully saturated rings. The summed E-state index contributed by atoms with van der Waals surface area (Å²) >= 11 is 0. The lowest BCUT2D eigenvalue weighted by Crippen LogP contribution is -2.21. The van der Waals surface area contributed by atoms with Gasteiger partial charge in [0.05, 0.1) is 0 Å². The van der Waals surface area contributed by atoms with Crippen LogP contribution in [0.5, 0.6) is 0 Å². The van der Waals surface area contributed by atoms with Crippen LogP contribution in [0, 0.1) is 0 Å². The smallest absolute Gasteiger partial charge is 0.0399 e. The fraction of sp³-hybridized carbons (Fsp3) is 1.00. The van der Waals surface area contributed by atoms with Crippen LogP contribution in [-0.2, 0) is 0 Å². The van der Waals surface area contributed by atoms with E-state index in [1.807, 2.05) is 0 Å². The molecule has 0 amide bonds. The molecular formula is C38H80Si. The van der Waals surface area contributed by atoms with Crippen LogP contribution in [0.3, 0.4) is 0 Å². The molecule has 0 saturated heterocycles. The molecule has 0 aliphatic heterocycles. The quantitative estimate of drug-likeness (QED) is 0.0538. The Hall–Kier alpha value is 0.217. The Balaban J connectivity index is 4.25.